The van der Waals surface area contributed by atoms with Gasteiger partial charge >= 0.3 is 0 Å². The Labute approximate surface area is 212 Å². The number of rotatable bonds is 4. The van der Waals surface area contributed by atoms with Crippen molar-refractivity contribution < 1.29 is 9.53 Å². The van der Waals surface area contributed by atoms with Gasteiger partial charge in [-0.2, -0.15) is 0 Å². The van der Waals surface area contributed by atoms with Gasteiger partial charge in [0.05, 0.1) is 11.3 Å². The minimum absolute atomic E-state index is 0.0688. The topological polar surface area (TPSA) is 50.7 Å². The van der Waals surface area contributed by atoms with Crippen molar-refractivity contribution >= 4 is 29.1 Å². The van der Waals surface area contributed by atoms with Crippen LogP contribution in [0.5, 0.6) is 5.75 Å². The van der Waals surface area contributed by atoms with E-state index in [1.54, 1.807) is 11.8 Å². The maximum atomic E-state index is 11.4. The van der Waals surface area contributed by atoms with E-state index in [1.165, 1.54) is 28.5 Å². The van der Waals surface area contributed by atoms with Crippen LogP contribution in [0.3, 0.4) is 0 Å². The number of nitrogens with one attached hydrogen (secondary N) is 1. The van der Waals surface area contributed by atoms with E-state index in [0.29, 0.717) is 0 Å². The lowest BCUT2D eigenvalue weighted by Gasteiger charge is -2.31. The highest BCUT2D eigenvalue weighted by molar-refractivity contribution is 7.98. The molecule has 35 heavy (non-hydrogen) atoms. The van der Waals surface area contributed by atoms with Gasteiger partial charge < -0.3 is 10.1 Å². The van der Waals surface area contributed by atoms with E-state index in [0.717, 1.165) is 46.7 Å². The molecule has 3 aromatic rings. The van der Waals surface area contributed by atoms with Crippen LogP contribution in [0.1, 0.15) is 56.9 Å². The largest absolute Gasteiger partial charge is 0.486 e. The summed E-state index contributed by atoms with van der Waals surface area (Å²) >= 11 is 1.76. The number of ether oxygens (including phenoxy) is 1. The number of benzene rings is 3. The number of anilines is 1. The van der Waals surface area contributed by atoms with Crippen LogP contribution in [0.15, 0.2) is 64.5 Å². The van der Waals surface area contributed by atoms with Crippen molar-refractivity contribution in [2.45, 2.75) is 63.5 Å². The predicted octanol–water partition coefficient (Wildman–Crippen LogP) is 6.92. The third-order valence-electron chi connectivity index (χ3n) is 6.58. The Kier molecular flexibility index (Phi) is 5.79. The number of hydrogen-bond acceptors (Lipinski definition) is 4. The molecule has 0 spiro atoms. The Morgan fingerprint density at radius 2 is 1.69 bits per heavy atom. The van der Waals surface area contributed by atoms with Crippen LogP contribution in [-0.2, 0) is 17.6 Å². The Hall–Kier alpha value is -3.05. The lowest BCUT2D eigenvalue weighted by Crippen LogP contribution is -2.30. The minimum atomic E-state index is -0.225. The molecule has 5 heteroatoms. The van der Waals surface area contributed by atoms with E-state index in [4.69, 9.17) is 9.73 Å². The van der Waals surface area contributed by atoms with Crippen molar-refractivity contribution in [2.75, 3.05) is 11.6 Å². The molecule has 2 aliphatic heterocycles. The van der Waals surface area contributed by atoms with Gasteiger partial charge in [-0.3, -0.25) is 9.79 Å². The number of thioether (sulfide) groups is 1. The second kappa shape index (κ2) is 8.56. The molecule has 0 fully saturated rings. The molecule has 0 saturated heterocycles. The van der Waals surface area contributed by atoms with Crippen LogP contribution in [0.2, 0.25) is 0 Å². The van der Waals surface area contributed by atoms with Gasteiger partial charge in [0.25, 0.3) is 0 Å². The van der Waals surface area contributed by atoms with E-state index in [1.807, 2.05) is 24.3 Å². The highest BCUT2D eigenvalue weighted by atomic mass is 32.2. The zero-order valence-corrected chi connectivity index (χ0v) is 22.1. The number of fused-ring (bicyclic) bond motifs is 3. The molecule has 180 valence electrons. The Bertz CT molecular complexity index is 1350. The Balaban J connectivity index is 1.62. The monoisotopic (exact) mass is 484 g/mol. The number of nitrogens with zero attached hydrogens (tertiary/aromatic N) is 1. The Morgan fingerprint density at radius 3 is 2.37 bits per heavy atom. The van der Waals surface area contributed by atoms with Crippen LogP contribution >= 0.6 is 11.8 Å². The zero-order valence-electron chi connectivity index (χ0n) is 21.3. The first kappa shape index (κ1) is 23.7. The summed E-state index contributed by atoms with van der Waals surface area (Å²) in [5.74, 6) is 0.957. The van der Waals surface area contributed by atoms with E-state index >= 15 is 0 Å². The molecule has 0 saturated carbocycles. The zero-order chi connectivity index (χ0) is 25.0. The Morgan fingerprint density at radius 1 is 0.971 bits per heavy atom. The van der Waals surface area contributed by atoms with Gasteiger partial charge in [0.15, 0.2) is 0 Å². The molecule has 1 amide bonds. The van der Waals surface area contributed by atoms with Crippen molar-refractivity contribution in [2.24, 2.45) is 4.99 Å². The maximum Gasteiger partial charge on any atom is 0.221 e. The van der Waals surface area contributed by atoms with E-state index in [2.05, 4.69) is 69.6 Å². The molecule has 1 N–H and O–H groups in total. The summed E-state index contributed by atoms with van der Waals surface area (Å²) in [4.78, 5) is 17.9. The van der Waals surface area contributed by atoms with Crippen LogP contribution in [0, 0.1) is 0 Å². The highest BCUT2D eigenvalue weighted by Crippen LogP contribution is 2.47. The standard InChI is InChI=1S/C30H32N2O2S/c1-18(33)31-23-12-10-19(11-13-23)20-8-7-9-21(14-20)27-26-22(16-29(2,3)32-27)15-25(35-6)28-24(26)17-30(4,5)34-28/h7-15H,16-17H2,1-6H3,(H,31,33). The van der Waals surface area contributed by atoms with Crippen LogP contribution in [-0.4, -0.2) is 29.0 Å². The summed E-state index contributed by atoms with van der Waals surface area (Å²) in [6, 6.07) is 18.9. The fourth-order valence-electron chi connectivity index (χ4n) is 5.23. The minimum Gasteiger partial charge on any atom is -0.486 e. The second-order valence-electron chi connectivity index (χ2n) is 10.7. The molecule has 0 bridgehead atoms. The third kappa shape index (κ3) is 4.62. The number of carbonyl (C=O) groups is 1. The predicted molar refractivity (Wildman–Crippen MR) is 146 cm³/mol. The van der Waals surface area contributed by atoms with Gasteiger partial charge in [0.2, 0.25) is 5.91 Å². The number of hydrogen-bond donors (Lipinski definition) is 1. The maximum absolute atomic E-state index is 11.4. The molecular weight excluding hydrogens is 452 g/mol. The van der Waals surface area contributed by atoms with Gasteiger partial charge in [-0.25, -0.2) is 0 Å². The first-order valence-corrected chi connectivity index (χ1v) is 13.3. The van der Waals surface area contributed by atoms with Gasteiger partial charge in [-0.05, 0) is 81.3 Å². The van der Waals surface area contributed by atoms with Crippen molar-refractivity contribution in [3.05, 3.63) is 76.9 Å². The summed E-state index contributed by atoms with van der Waals surface area (Å²) in [7, 11) is 0. The highest BCUT2D eigenvalue weighted by Gasteiger charge is 2.39. The molecular formula is C30H32N2O2S. The normalized spacial score (nSPS) is 17.1. The van der Waals surface area contributed by atoms with Gasteiger partial charge in [0.1, 0.15) is 11.4 Å². The van der Waals surface area contributed by atoms with E-state index in [9.17, 15) is 4.79 Å². The van der Waals surface area contributed by atoms with Crippen LogP contribution in [0.25, 0.3) is 11.1 Å². The molecule has 0 unspecified atom stereocenters. The van der Waals surface area contributed by atoms with Gasteiger partial charge in [-0.1, -0.05) is 30.3 Å². The fourth-order valence-corrected chi connectivity index (χ4v) is 5.84. The lowest BCUT2D eigenvalue weighted by atomic mass is 9.81. The molecule has 3 aromatic carbocycles. The average Bonchev–Trinajstić information content (AvgIpc) is 3.12. The lowest BCUT2D eigenvalue weighted by molar-refractivity contribution is -0.114. The average molecular weight is 485 g/mol. The van der Waals surface area contributed by atoms with Crippen molar-refractivity contribution in [1.82, 2.24) is 0 Å². The molecule has 0 radical (unpaired) electrons. The van der Waals surface area contributed by atoms with Crippen molar-refractivity contribution in [3.8, 4) is 16.9 Å². The van der Waals surface area contributed by atoms with Gasteiger partial charge in [0, 0.05) is 40.6 Å². The molecule has 5 rings (SSSR count). The third-order valence-corrected chi connectivity index (χ3v) is 7.32. The van der Waals surface area contributed by atoms with Crippen molar-refractivity contribution in [1.29, 1.82) is 0 Å². The fraction of sp³-hybridized carbons (Fsp3) is 0.333. The molecule has 0 atom stereocenters. The summed E-state index contributed by atoms with van der Waals surface area (Å²) in [6.07, 6.45) is 3.92. The molecule has 2 heterocycles. The van der Waals surface area contributed by atoms with Crippen LogP contribution < -0.4 is 10.1 Å². The summed E-state index contributed by atoms with van der Waals surface area (Å²) in [5, 5.41) is 2.83. The summed E-state index contributed by atoms with van der Waals surface area (Å²) < 4.78 is 6.44. The van der Waals surface area contributed by atoms with Gasteiger partial charge in [-0.15, -0.1) is 11.8 Å². The second-order valence-corrected chi connectivity index (χ2v) is 11.6. The van der Waals surface area contributed by atoms with Crippen LogP contribution in [0.4, 0.5) is 5.69 Å². The first-order chi connectivity index (χ1) is 16.5. The van der Waals surface area contributed by atoms with E-state index < -0.39 is 0 Å². The molecule has 4 nitrogen and oxygen atoms in total. The van der Waals surface area contributed by atoms with E-state index in [-0.39, 0.29) is 17.0 Å². The smallest absolute Gasteiger partial charge is 0.221 e. The molecule has 0 aliphatic carbocycles. The van der Waals surface area contributed by atoms with Crippen molar-refractivity contribution in [3.63, 3.8) is 0 Å². The first-order valence-electron chi connectivity index (χ1n) is 12.1. The number of carbonyl (C=O) groups excluding carboxylic acids is 1. The number of amides is 1. The SMILES string of the molecule is CSc1cc2c(c3c1OC(C)(C)C3)C(c1cccc(-c3ccc(NC(C)=O)cc3)c1)=NC(C)(C)C2. The number of aliphatic imine (C=N–C) groups is 1. The quantitative estimate of drug-likeness (QED) is 0.409. The summed E-state index contributed by atoms with van der Waals surface area (Å²) in [6.45, 7) is 10.3. The molecule has 2 aliphatic rings. The summed E-state index contributed by atoms with van der Waals surface area (Å²) in [5.41, 5.74) is 8.68. The molecule has 0 aromatic heterocycles.